The molecule has 43 heavy (non-hydrogen) atoms. The number of benzene rings is 4. The molecule has 2 aliphatic rings. The molecule has 6 rings (SSSR count). The van der Waals surface area contributed by atoms with Gasteiger partial charge in [0.2, 0.25) is 0 Å². The molecule has 2 heteroatoms. The first-order valence-corrected chi connectivity index (χ1v) is 42.4. The first-order valence-electron chi connectivity index (χ1n) is 16.6. The molecule has 0 radical (unpaired) electrons. The zero-order valence-electron chi connectivity index (χ0n) is 27.3. The van der Waals surface area contributed by atoms with Crippen molar-refractivity contribution < 1.29 is 14.2 Å². The Labute approximate surface area is 256 Å². The summed E-state index contributed by atoms with van der Waals surface area (Å²) in [5.74, 6) is 0. The molecule has 222 valence electrons. The topological polar surface area (TPSA) is 0 Å². The Morgan fingerprint density at radius 3 is 1.51 bits per heavy atom. The SMILES string of the molecule is CCCCC[CH2][Hf]([CH3])([CH3])([CH3])(=[SiH2])([CH]1C=Cc2c(-c3cccc(C)c3)cccc21)[CH]1C=Cc2c(-c3cccc(C)c3)cccc21. The van der Waals surface area contributed by atoms with Crippen LogP contribution in [0, 0.1) is 13.8 Å². The van der Waals surface area contributed by atoms with Gasteiger partial charge in [-0.25, -0.2) is 0 Å². The van der Waals surface area contributed by atoms with E-state index < -0.39 is 14.2 Å². The van der Waals surface area contributed by atoms with Crippen LogP contribution in [0.2, 0.25) is 18.2 Å². The second-order valence-electron chi connectivity index (χ2n) is 17.4. The summed E-state index contributed by atoms with van der Waals surface area (Å²) in [4.78, 5) is 0. The fourth-order valence-corrected chi connectivity index (χ4v) is 48.4. The predicted molar refractivity (Wildman–Crippen MR) is 192 cm³/mol. The van der Waals surface area contributed by atoms with Crippen LogP contribution in [0.4, 0.5) is 0 Å². The number of rotatable bonds is 9. The maximum atomic E-state index is 2.85. The van der Waals surface area contributed by atoms with Gasteiger partial charge in [0.1, 0.15) is 0 Å². The van der Waals surface area contributed by atoms with Gasteiger partial charge in [0.25, 0.3) is 0 Å². The van der Waals surface area contributed by atoms with Crippen molar-refractivity contribution in [3.63, 3.8) is 0 Å². The van der Waals surface area contributed by atoms with E-state index in [0.717, 1.165) is 0 Å². The van der Waals surface area contributed by atoms with E-state index in [9.17, 15) is 0 Å². The van der Waals surface area contributed by atoms with E-state index in [1.54, 1.807) is 11.1 Å². The first kappa shape index (κ1) is 30.5. The van der Waals surface area contributed by atoms with E-state index in [0.29, 0.717) is 7.35 Å². The second kappa shape index (κ2) is 9.72. The Hall–Kier alpha value is -2.55. The predicted octanol–water partition coefficient (Wildman–Crippen LogP) is 11.9. The molecule has 4 aromatic rings. The van der Waals surface area contributed by atoms with Crippen molar-refractivity contribution in [2.45, 2.75) is 72.0 Å². The molecule has 0 fully saturated rings. The Kier molecular flexibility index (Phi) is 6.89. The average Bonchev–Trinajstić information content (AvgIpc) is 3.62. The van der Waals surface area contributed by atoms with Crippen LogP contribution in [-0.4, -0.2) is 6.94 Å². The summed E-state index contributed by atoms with van der Waals surface area (Å²) < 4.78 is 10.7. The van der Waals surface area contributed by atoms with Gasteiger partial charge < -0.3 is 0 Å². The summed E-state index contributed by atoms with van der Waals surface area (Å²) >= 11 is -4.93. The minimum absolute atomic E-state index is 0.437. The molecule has 4 aromatic carbocycles. The van der Waals surface area contributed by atoms with Gasteiger partial charge in [0.05, 0.1) is 0 Å². The van der Waals surface area contributed by atoms with Crippen LogP contribution in [0.3, 0.4) is 0 Å². The van der Waals surface area contributed by atoms with Gasteiger partial charge >= 0.3 is 258 Å². The van der Waals surface area contributed by atoms with E-state index in [1.807, 2.05) is 0 Å². The molecular formula is C41H50HfSi. The molecular weight excluding hydrogens is 699 g/mol. The van der Waals surface area contributed by atoms with Gasteiger partial charge in [-0.1, -0.05) is 0 Å². The standard InChI is InChI=1S/2C16H13.C6H13.3CH3.Hf.H2Si/c2*1-12-5-2-8-14(11-12)16-10-4-7-13-6-3-9-15(13)16;1-3-5-6-4-2;;;;;/h2*2-11H,1H3;1,3-6H2,2H3;3*1H3;;1H2. The average molecular weight is 749 g/mol. The van der Waals surface area contributed by atoms with Crippen molar-refractivity contribution in [2.75, 3.05) is 0 Å². The van der Waals surface area contributed by atoms with Crippen molar-refractivity contribution in [1.29, 1.82) is 0 Å². The maximum absolute atomic E-state index is 4.93. The van der Waals surface area contributed by atoms with E-state index in [-0.39, 0.29) is 0 Å². The van der Waals surface area contributed by atoms with Crippen LogP contribution in [-0.2, 0) is 14.2 Å². The second-order valence-corrected chi connectivity index (χ2v) is 99.2. The number of fused-ring (bicyclic) bond motifs is 2. The Bertz CT molecular complexity index is 1810. The fourth-order valence-electron chi connectivity index (χ4n) is 9.23. The van der Waals surface area contributed by atoms with Gasteiger partial charge in [0.15, 0.2) is 0 Å². The summed E-state index contributed by atoms with van der Waals surface area (Å²) in [7, 11) is 0. The molecule has 0 amide bonds. The first-order chi connectivity index (χ1) is 20.3. The van der Waals surface area contributed by atoms with Gasteiger partial charge in [-0.15, -0.1) is 0 Å². The van der Waals surface area contributed by atoms with Crippen LogP contribution >= 0.6 is 0 Å². The summed E-state index contributed by atoms with van der Waals surface area (Å²) in [5, 5.41) is 0. The number of aryl methyl sites for hydroxylation is 2. The fraction of sp³-hybridized carbons (Fsp3) is 0.317. The van der Waals surface area contributed by atoms with E-state index in [4.69, 9.17) is 0 Å². The third kappa shape index (κ3) is 4.97. The Balaban J connectivity index is 1.56. The Morgan fingerprint density at radius 2 is 1.07 bits per heavy atom. The van der Waals surface area contributed by atoms with Crippen molar-refractivity contribution in [3.8, 4) is 22.3 Å². The molecule has 2 aliphatic carbocycles. The molecule has 0 aromatic heterocycles. The molecule has 0 spiro atoms. The van der Waals surface area contributed by atoms with Gasteiger partial charge in [-0.3, -0.25) is 0 Å². The van der Waals surface area contributed by atoms with E-state index in [2.05, 4.69) is 151 Å². The molecule has 0 N–H and O–H groups in total. The molecule has 0 bridgehead atoms. The third-order valence-corrected chi connectivity index (χ3v) is 57.9. The minimum atomic E-state index is -4.93. The van der Waals surface area contributed by atoms with Crippen molar-refractivity contribution in [1.82, 2.24) is 0 Å². The van der Waals surface area contributed by atoms with Crippen molar-refractivity contribution in [2.24, 2.45) is 0 Å². The molecule has 0 aliphatic heterocycles. The molecule has 0 nitrogen and oxygen atoms in total. The molecule has 0 saturated carbocycles. The van der Waals surface area contributed by atoms with Crippen LogP contribution in [0.25, 0.3) is 34.4 Å². The quantitative estimate of drug-likeness (QED) is 0.118. The zero-order valence-corrected chi connectivity index (χ0v) is 32.3. The van der Waals surface area contributed by atoms with Crippen LogP contribution in [0.15, 0.2) is 97.1 Å². The number of unbranched alkanes of at least 4 members (excludes halogenated alkanes) is 3. The summed E-state index contributed by atoms with van der Waals surface area (Å²) in [6.07, 6.45) is 15.5. The monoisotopic (exact) mass is 750 g/mol. The van der Waals surface area contributed by atoms with Crippen LogP contribution in [0.5, 0.6) is 0 Å². The zero-order chi connectivity index (χ0) is 30.6. The summed E-state index contributed by atoms with van der Waals surface area (Å²) in [5.41, 5.74) is 14.0. The molecule has 0 saturated heterocycles. The number of hydrogen-bond donors (Lipinski definition) is 0. The Morgan fingerprint density at radius 1 is 0.605 bits per heavy atom. The number of allylic oxidation sites excluding steroid dienone is 2. The summed E-state index contributed by atoms with van der Waals surface area (Å²) in [6, 6.07) is 32.3. The van der Waals surface area contributed by atoms with Crippen LogP contribution in [0.1, 0.15) is 73.3 Å². The van der Waals surface area contributed by atoms with Crippen molar-refractivity contribution >= 4 is 19.1 Å². The van der Waals surface area contributed by atoms with Gasteiger partial charge in [-0.2, -0.15) is 0 Å². The number of hydrogen-bond acceptors (Lipinski definition) is 0. The van der Waals surface area contributed by atoms with Crippen LogP contribution < -0.4 is 0 Å². The summed E-state index contributed by atoms with van der Waals surface area (Å²) in [6.45, 7) is 9.25. The normalized spacial score (nSPS) is 19.7. The van der Waals surface area contributed by atoms with E-state index in [1.165, 1.54) is 74.4 Å². The third-order valence-electron chi connectivity index (χ3n) is 11.9. The van der Waals surface area contributed by atoms with Gasteiger partial charge in [-0.05, 0) is 0 Å². The molecule has 2 atom stereocenters. The molecule has 2 unspecified atom stereocenters. The van der Waals surface area contributed by atoms with Crippen molar-refractivity contribution in [3.05, 3.63) is 130 Å². The van der Waals surface area contributed by atoms with E-state index >= 15 is 0 Å². The van der Waals surface area contributed by atoms with Gasteiger partial charge in [0, 0.05) is 0 Å². The molecule has 0 heterocycles.